The van der Waals surface area contributed by atoms with Crippen LogP contribution in [0.25, 0.3) is 0 Å². The standard InChI is InChI=1S/C18H34N4O/c1-4-19-16(21-14-18(7-8-18)15-5-6-15)20-13-17(2,3)22-9-11-23-12-10-22/h15H,4-14H2,1-3H3,(H2,19,20,21). The Morgan fingerprint density at radius 3 is 2.48 bits per heavy atom. The fourth-order valence-electron chi connectivity index (χ4n) is 3.73. The number of rotatable bonds is 7. The lowest BCUT2D eigenvalue weighted by molar-refractivity contribution is -0.00684. The average Bonchev–Trinajstić information content (AvgIpc) is 3.44. The zero-order chi connectivity index (χ0) is 16.3. The second kappa shape index (κ2) is 6.98. The van der Waals surface area contributed by atoms with Gasteiger partial charge in [-0.2, -0.15) is 0 Å². The molecule has 5 nitrogen and oxygen atoms in total. The minimum absolute atomic E-state index is 0.0832. The second-order valence-electron chi connectivity index (χ2n) is 8.10. The molecule has 0 atom stereocenters. The molecule has 0 bridgehead atoms. The number of morpholine rings is 1. The number of hydrogen-bond donors (Lipinski definition) is 2. The van der Waals surface area contributed by atoms with E-state index in [9.17, 15) is 0 Å². The van der Waals surface area contributed by atoms with Crippen LogP contribution in [0.2, 0.25) is 0 Å². The maximum Gasteiger partial charge on any atom is 0.191 e. The molecule has 0 aromatic carbocycles. The zero-order valence-corrected chi connectivity index (χ0v) is 15.2. The van der Waals surface area contributed by atoms with Crippen LogP contribution in [-0.4, -0.2) is 62.3 Å². The Hall–Kier alpha value is -0.810. The van der Waals surface area contributed by atoms with Gasteiger partial charge in [0.1, 0.15) is 0 Å². The van der Waals surface area contributed by atoms with Gasteiger partial charge in [0.25, 0.3) is 0 Å². The molecule has 0 aromatic heterocycles. The largest absolute Gasteiger partial charge is 0.379 e. The molecule has 0 radical (unpaired) electrons. The van der Waals surface area contributed by atoms with Gasteiger partial charge < -0.3 is 15.4 Å². The molecule has 0 aromatic rings. The first kappa shape index (κ1) is 17.0. The van der Waals surface area contributed by atoms with Crippen LogP contribution in [0.1, 0.15) is 46.5 Å². The fraction of sp³-hybridized carbons (Fsp3) is 0.944. The molecular formula is C18H34N4O. The summed E-state index contributed by atoms with van der Waals surface area (Å²) >= 11 is 0. The van der Waals surface area contributed by atoms with Gasteiger partial charge in [0.2, 0.25) is 0 Å². The molecule has 1 heterocycles. The van der Waals surface area contributed by atoms with E-state index >= 15 is 0 Å². The zero-order valence-electron chi connectivity index (χ0n) is 15.2. The molecule has 3 aliphatic rings. The molecule has 1 saturated heterocycles. The van der Waals surface area contributed by atoms with Crippen molar-refractivity contribution >= 4 is 5.96 Å². The van der Waals surface area contributed by atoms with Crippen LogP contribution in [0.15, 0.2) is 4.99 Å². The molecule has 1 aliphatic heterocycles. The van der Waals surface area contributed by atoms with Gasteiger partial charge in [0.15, 0.2) is 5.96 Å². The Bertz CT molecular complexity index is 421. The molecule has 23 heavy (non-hydrogen) atoms. The van der Waals surface area contributed by atoms with Crippen LogP contribution in [0.4, 0.5) is 0 Å². The number of ether oxygens (including phenoxy) is 1. The highest BCUT2D eigenvalue weighted by Gasteiger charge is 2.53. The lowest BCUT2D eigenvalue weighted by Gasteiger charge is -2.40. The summed E-state index contributed by atoms with van der Waals surface area (Å²) in [5.41, 5.74) is 0.690. The first-order valence-electron chi connectivity index (χ1n) is 9.41. The predicted octanol–water partition coefficient (Wildman–Crippen LogP) is 1.84. The minimum Gasteiger partial charge on any atom is -0.379 e. The van der Waals surface area contributed by atoms with Crippen LogP contribution in [0.3, 0.4) is 0 Å². The molecule has 2 saturated carbocycles. The molecule has 2 N–H and O–H groups in total. The molecule has 0 unspecified atom stereocenters. The number of hydrogen-bond acceptors (Lipinski definition) is 3. The minimum atomic E-state index is 0.0832. The quantitative estimate of drug-likeness (QED) is 0.555. The highest BCUT2D eigenvalue weighted by Crippen LogP contribution is 2.60. The van der Waals surface area contributed by atoms with Gasteiger partial charge in [-0.1, -0.05) is 0 Å². The first-order valence-corrected chi connectivity index (χ1v) is 9.41. The molecule has 5 heteroatoms. The van der Waals surface area contributed by atoms with Crippen LogP contribution in [0, 0.1) is 11.3 Å². The third-order valence-electron chi connectivity index (χ3n) is 5.78. The Kier molecular flexibility index (Phi) is 5.16. The second-order valence-corrected chi connectivity index (χ2v) is 8.10. The van der Waals surface area contributed by atoms with E-state index in [1.807, 2.05) is 0 Å². The first-order chi connectivity index (χ1) is 11.1. The molecule has 132 valence electrons. The van der Waals surface area contributed by atoms with Crippen LogP contribution >= 0.6 is 0 Å². The van der Waals surface area contributed by atoms with Gasteiger partial charge >= 0.3 is 0 Å². The molecule has 0 amide bonds. The molecular weight excluding hydrogens is 288 g/mol. The van der Waals surface area contributed by atoms with Crippen LogP contribution < -0.4 is 10.6 Å². The van der Waals surface area contributed by atoms with E-state index in [0.717, 1.165) is 57.8 Å². The van der Waals surface area contributed by atoms with Gasteiger partial charge in [0.05, 0.1) is 19.8 Å². The Morgan fingerprint density at radius 1 is 1.22 bits per heavy atom. The Morgan fingerprint density at radius 2 is 1.91 bits per heavy atom. The summed E-state index contributed by atoms with van der Waals surface area (Å²) in [6.45, 7) is 13.3. The van der Waals surface area contributed by atoms with Crippen molar-refractivity contribution in [2.45, 2.75) is 52.0 Å². The van der Waals surface area contributed by atoms with Crippen molar-refractivity contribution in [1.82, 2.24) is 15.5 Å². The van der Waals surface area contributed by atoms with Crippen molar-refractivity contribution in [1.29, 1.82) is 0 Å². The van der Waals surface area contributed by atoms with Crippen LogP contribution in [0.5, 0.6) is 0 Å². The highest BCUT2D eigenvalue weighted by atomic mass is 16.5. The van der Waals surface area contributed by atoms with Crippen molar-refractivity contribution in [3.63, 3.8) is 0 Å². The normalized spacial score (nSPS) is 25.3. The van der Waals surface area contributed by atoms with E-state index in [4.69, 9.17) is 9.73 Å². The van der Waals surface area contributed by atoms with Gasteiger partial charge in [-0.05, 0) is 57.8 Å². The predicted molar refractivity (Wildman–Crippen MR) is 94.8 cm³/mol. The maximum absolute atomic E-state index is 5.47. The SMILES string of the molecule is CCNC(=NCC(C)(C)N1CCOCC1)NCC1(C2CC2)CC1. The summed E-state index contributed by atoms with van der Waals surface area (Å²) in [5.74, 6) is 1.98. The topological polar surface area (TPSA) is 48.9 Å². The van der Waals surface area contributed by atoms with E-state index in [-0.39, 0.29) is 5.54 Å². The van der Waals surface area contributed by atoms with E-state index in [0.29, 0.717) is 5.41 Å². The number of nitrogens with zero attached hydrogens (tertiary/aromatic N) is 2. The molecule has 0 spiro atoms. The van der Waals surface area contributed by atoms with Crippen LogP contribution in [-0.2, 0) is 4.74 Å². The molecule has 3 rings (SSSR count). The van der Waals surface area contributed by atoms with Gasteiger partial charge in [-0.25, -0.2) is 0 Å². The lowest BCUT2D eigenvalue weighted by Crippen LogP contribution is -2.52. The third-order valence-corrected chi connectivity index (χ3v) is 5.78. The Balaban J connectivity index is 1.52. The average molecular weight is 322 g/mol. The third kappa shape index (κ3) is 4.38. The fourth-order valence-corrected chi connectivity index (χ4v) is 3.73. The summed E-state index contributed by atoms with van der Waals surface area (Å²) < 4.78 is 5.47. The Labute approximate surface area is 141 Å². The van der Waals surface area contributed by atoms with Crippen molar-refractivity contribution in [2.24, 2.45) is 16.3 Å². The smallest absolute Gasteiger partial charge is 0.191 e. The van der Waals surface area contributed by atoms with Crippen molar-refractivity contribution in [2.75, 3.05) is 45.9 Å². The van der Waals surface area contributed by atoms with E-state index < -0.39 is 0 Å². The maximum atomic E-state index is 5.47. The van der Waals surface area contributed by atoms with Crippen molar-refractivity contribution in [3.8, 4) is 0 Å². The number of aliphatic imine (C=N–C) groups is 1. The summed E-state index contributed by atoms with van der Waals surface area (Å²) in [7, 11) is 0. The lowest BCUT2D eigenvalue weighted by atomic mass is 10.0. The summed E-state index contributed by atoms with van der Waals surface area (Å²) in [4.78, 5) is 7.38. The van der Waals surface area contributed by atoms with E-state index in [1.165, 1.54) is 25.7 Å². The summed E-state index contributed by atoms with van der Waals surface area (Å²) in [6.07, 6.45) is 5.70. The summed E-state index contributed by atoms with van der Waals surface area (Å²) in [6, 6.07) is 0. The van der Waals surface area contributed by atoms with Gasteiger partial charge in [-0.3, -0.25) is 9.89 Å². The monoisotopic (exact) mass is 322 g/mol. The number of nitrogens with one attached hydrogen (secondary N) is 2. The number of guanidine groups is 1. The highest BCUT2D eigenvalue weighted by molar-refractivity contribution is 5.79. The van der Waals surface area contributed by atoms with E-state index in [2.05, 4.69) is 36.3 Å². The van der Waals surface area contributed by atoms with Crippen molar-refractivity contribution < 1.29 is 4.74 Å². The molecule has 3 fully saturated rings. The molecule has 2 aliphatic carbocycles. The van der Waals surface area contributed by atoms with E-state index in [1.54, 1.807) is 0 Å². The van der Waals surface area contributed by atoms with Gasteiger partial charge in [0, 0.05) is 31.7 Å². The van der Waals surface area contributed by atoms with Gasteiger partial charge in [-0.15, -0.1) is 0 Å². The van der Waals surface area contributed by atoms with Crippen molar-refractivity contribution in [3.05, 3.63) is 0 Å². The summed E-state index contributed by atoms with van der Waals surface area (Å²) in [5, 5.41) is 7.03.